The second kappa shape index (κ2) is 7.39. The summed E-state index contributed by atoms with van der Waals surface area (Å²) in [5.74, 6) is 3.36. The Labute approximate surface area is 166 Å². The maximum atomic E-state index is 6.62. The lowest BCUT2D eigenvalue weighted by Crippen LogP contribution is -2.27. The Bertz CT molecular complexity index is 1020. The molecule has 0 spiro atoms. The highest BCUT2D eigenvalue weighted by molar-refractivity contribution is 7.99. The van der Waals surface area contributed by atoms with E-state index >= 15 is 0 Å². The van der Waals surface area contributed by atoms with Gasteiger partial charge in [-0.1, -0.05) is 24.4 Å². The lowest BCUT2D eigenvalue weighted by molar-refractivity contribution is 0.751. The summed E-state index contributed by atoms with van der Waals surface area (Å²) >= 11 is 8.06. The van der Waals surface area contributed by atoms with Crippen molar-refractivity contribution in [1.29, 1.82) is 0 Å². The van der Waals surface area contributed by atoms with Crippen molar-refractivity contribution in [3.05, 3.63) is 34.7 Å². The van der Waals surface area contributed by atoms with Crippen molar-refractivity contribution in [1.82, 2.24) is 19.9 Å². The molecule has 3 aromatic heterocycles. The molecule has 0 amide bonds. The molecule has 4 rings (SSSR count). The summed E-state index contributed by atoms with van der Waals surface area (Å²) in [6.45, 7) is 3.68. The lowest BCUT2D eigenvalue weighted by Gasteiger charge is -2.18. The molecule has 27 heavy (non-hydrogen) atoms. The number of pyridine rings is 1. The second-order valence-corrected chi connectivity index (χ2v) is 7.86. The maximum absolute atomic E-state index is 6.62. The number of hydrogen-bond donors (Lipinski definition) is 2. The third kappa shape index (κ3) is 3.48. The van der Waals surface area contributed by atoms with Gasteiger partial charge in [-0.05, 0) is 36.7 Å². The van der Waals surface area contributed by atoms with Gasteiger partial charge in [0.1, 0.15) is 17.2 Å². The molecule has 4 heterocycles. The first-order chi connectivity index (χ1) is 13.1. The zero-order valence-corrected chi connectivity index (χ0v) is 16.4. The van der Waals surface area contributed by atoms with E-state index in [0.717, 1.165) is 53.4 Å². The van der Waals surface area contributed by atoms with Gasteiger partial charge < -0.3 is 15.6 Å². The van der Waals surface area contributed by atoms with E-state index in [2.05, 4.69) is 32.7 Å². The fourth-order valence-electron chi connectivity index (χ4n) is 3.20. The van der Waals surface area contributed by atoms with Crippen LogP contribution in [0.5, 0.6) is 0 Å². The van der Waals surface area contributed by atoms with E-state index in [0.29, 0.717) is 15.9 Å². The molecule has 0 saturated carbocycles. The first-order valence-electron chi connectivity index (χ1n) is 8.78. The van der Waals surface area contributed by atoms with E-state index in [4.69, 9.17) is 28.7 Å². The molecule has 1 aliphatic rings. The highest BCUT2D eigenvalue weighted by Crippen LogP contribution is 2.37. The van der Waals surface area contributed by atoms with Gasteiger partial charge in [0, 0.05) is 35.9 Å². The Morgan fingerprint density at radius 2 is 2.30 bits per heavy atom. The Morgan fingerprint density at radius 1 is 1.44 bits per heavy atom. The summed E-state index contributed by atoms with van der Waals surface area (Å²) < 4.78 is 0. The number of aromatic amines is 1. The van der Waals surface area contributed by atoms with Crippen LogP contribution < -0.4 is 10.6 Å². The molecule has 0 radical (unpaired) electrons. The molecule has 0 aromatic carbocycles. The average Bonchev–Trinajstić information content (AvgIpc) is 3.25. The number of aromatic nitrogens is 4. The minimum atomic E-state index is 0.148. The van der Waals surface area contributed by atoms with Crippen LogP contribution in [0.15, 0.2) is 28.4 Å². The van der Waals surface area contributed by atoms with Gasteiger partial charge in [0.05, 0.1) is 10.4 Å². The second-order valence-electron chi connectivity index (χ2n) is 6.44. The molecule has 0 unspecified atom stereocenters. The van der Waals surface area contributed by atoms with Gasteiger partial charge in [0.15, 0.2) is 5.16 Å². The largest absolute Gasteiger partial charge is 0.354 e. The summed E-state index contributed by atoms with van der Waals surface area (Å²) in [5, 5.41) is 2.20. The van der Waals surface area contributed by atoms with Crippen molar-refractivity contribution < 1.29 is 0 Å². The monoisotopic (exact) mass is 398 g/mol. The van der Waals surface area contributed by atoms with Gasteiger partial charge >= 0.3 is 0 Å². The smallest absolute Gasteiger partial charge is 0.196 e. The first kappa shape index (κ1) is 18.1. The molecule has 138 valence electrons. The predicted octanol–water partition coefficient (Wildman–Crippen LogP) is 3.24. The first-order valence-corrected chi connectivity index (χ1v) is 9.97. The van der Waals surface area contributed by atoms with E-state index < -0.39 is 0 Å². The molecule has 0 bridgehead atoms. The molecule has 1 atom stereocenters. The highest BCUT2D eigenvalue weighted by atomic mass is 35.5. The van der Waals surface area contributed by atoms with E-state index in [1.807, 2.05) is 12.1 Å². The zero-order valence-electron chi connectivity index (χ0n) is 14.9. The van der Waals surface area contributed by atoms with E-state index in [9.17, 15) is 0 Å². The van der Waals surface area contributed by atoms with Crippen LogP contribution in [0, 0.1) is 12.3 Å². The number of halogens is 1. The van der Waals surface area contributed by atoms with Crippen LogP contribution in [0.25, 0.3) is 11.0 Å². The number of aryl methyl sites for hydroxylation is 1. The van der Waals surface area contributed by atoms with Gasteiger partial charge in [0.25, 0.3) is 0 Å². The van der Waals surface area contributed by atoms with Gasteiger partial charge in [-0.25, -0.2) is 15.0 Å². The minimum Gasteiger partial charge on any atom is -0.354 e. The van der Waals surface area contributed by atoms with Gasteiger partial charge in [-0.3, -0.25) is 0 Å². The van der Waals surface area contributed by atoms with Crippen molar-refractivity contribution >= 4 is 40.2 Å². The molecule has 3 aromatic rings. The highest BCUT2D eigenvalue weighted by Gasteiger charge is 2.26. The third-order valence-corrected chi connectivity index (χ3v) is 5.85. The summed E-state index contributed by atoms with van der Waals surface area (Å²) in [6, 6.07) is 3.88. The average molecular weight is 399 g/mol. The molecule has 1 saturated heterocycles. The molecule has 3 N–H and O–H groups in total. The quantitative estimate of drug-likeness (QED) is 0.518. The van der Waals surface area contributed by atoms with Crippen molar-refractivity contribution in [3.8, 4) is 12.3 Å². The number of nitrogens with two attached hydrogens (primary N) is 1. The molecule has 1 aliphatic heterocycles. The summed E-state index contributed by atoms with van der Waals surface area (Å²) in [6.07, 6.45) is 8.84. The fraction of sp³-hybridized carbons (Fsp3) is 0.316. The van der Waals surface area contributed by atoms with Gasteiger partial charge in [-0.2, -0.15) is 0 Å². The zero-order chi connectivity index (χ0) is 19.0. The predicted molar refractivity (Wildman–Crippen MR) is 109 cm³/mol. The van der Waals surface area contributed by atoms with Crippen molar-refractivity contribution in [2.45, 2.75) is 35.9 Å². The van der Waals surface area contributed by atoms with Crippen LogP contribution in [-0.4, -0.2) is 39.1 Å². The van der Waals surface area contributed by atoms with E-state index in [-0.39, 0.29) is 6.04 Å². The number of hydrogen-bond acceptors (Lipinski definition) is 6. The Hall–Kier alpha value is -2.27. The lowest BCUT2D eigenvalue weighted by atomic mass is 10.3. The van der Waals surface area contributed by atoms with Crippen LogP contribution in [0.3, 0.4) is 0 Å². The number of nitrogens with zero attached hydrogens (tertiary/aromatic N) is 4. The van der Waals surface area contributed by atoms with Crippen LogP contribution in [0.1, 0.15) is 24.7 Å². The topological polar surface area (TPSA) is 83.7 Å². The molecular formula is C19H19ClN6S. The van der Waals surface area contributed by atoms with Crippen molar-refractivity contribution in [2.24, 2.45) is 5.73 Å². The van der Waals surface area contributed by atoms with Gasteiger partial charge in [0.2, 0.25) is 0 Å². The van der Waals surface area contributed by atoms with Crippen LogP contribution >= 0.6 is 23.4 Å². The summed E-state index contributed by atoms with van der Waals surface area (Å²) in [7, 11) is 0. The van der Waals surface area contributed by atoms with Crippen molar-refractivity contribution in [2.75, 3.05) is 18.0 Å². The Morgan fingerprint density at radius 3 is 2.93 bits per heavy atom. The van der Waals surface area contributed by atoms with E-state index in [1.165, 1.54) is 11.8 Å². The van der Waals surface area contributed by atoms with Crippen LogP contribution in [-0.2, 0) is 6.42 Å². The van der Waals surface area contributed by atoms with Crippen LogP contribution in [0.2, 0.25) is 5.02 Å². The Balaban J connectivity index is 1.78. The number of nitrogens with one attached hydrogen (secondary N) is 1. The standard InChI is InChI=1S/C19H19ClN6S/c1-3-12-5-6-13(9-22-12)27-19-24-17-15(16(20)14(4-2)23-17)18(25-19)26-8-7-11(21)10-26/h1,5-6,9,11H,4,7-8,10,21H2,2H3,(H,23,24,25)/t11-/m1/s1. The number of fused-ring (bicyclic) bond motifs is 1. The molecular weight excluding hydrogens is 380 g/mol. The minimum absolute atomic E-state index is 0.148. The Kier molecular flexibility index (Phi) is 4.96. The van der Waals surface area contributed by atoms with Crippen molar-refractivity contribution in [3.63, 3.8) is 0 Å². The molecule has 6 nitrogen and oxygen atoms in total. The third-order valence-electron chi connectivity index (χ3n) is 4.59. The van der Waals surface area contributed by atoms with Crippen LogP contribution in [0.4, 0.5) is 5.82 Å². The van der Waals surface area contributed by atoms with Gasteiger partial charge in [-0.15, -0.1) is 6.42 Å². The number of H-pyrrole nitrogens is 1. The van der Waals surface area contributed by atoms with E-state index in [1.54, 1.807) is 6.20 Å². The summed E-state index contributed by atoms with van der Waals surface area (Å²) in [5.41, 5.74) is 8.43. The summed E-state index contributed by atoms with van der Waals surface area (Å²) in [4.78, 5) is 20.2. The number of rotatable bonds is 4. The fourth-order valence-corrected chi connectivity index (χ4v) is 4.28. The SMILES string of the molecule is C#Cc1ccc(Sc2nc(N3CC[C@@H](N)C3)c3c(Cl)c(CC)[nH]c3n2)cn1. The number of terminal acetylenes is 1. The number of anilines is 1. The normalized spacial score (nSPS) is 16.8. The maximum Gasteiger partial charge on any atom is 0.196 e. The molecule has 1 fully saturated rings. The molecule has 0 aliphatic carbocycles. The molecule has 8 heteroatoms.